The van der Waals surface area contributed by atoms with Gasteiger partial charge in [-0.1, -0.05) is 50.4 Å². The van der Waals surface area contributed by atoms with E-state index in [9.17, 15) is 0 Å². The molecule has 1 fully saturated rings. The summed E-state index contributed by atoms with van der Waals surface area (Å²) < 4.78 is 0. The predicted octanol–water partition coefficient (Wildman–Crippen LogP) is 5.64. The molecule has 112 valence electrons. The zero-order valence-electron chi connectivity index (χ0n) is 12.4. The van der Waals surface area contributed by atoms with Crippen LogP contribution in [0.1, 0.15) is 40.0 Å². The molecule has 0 bridgehead atoms. The summed E-state index contributed by atoms with van der Waals surface area (Å²) in [6, 6.07) is 6.49. The minimum atomic E-state index is 0.349. The average Bonchev–Trinajstić information content (AvgIpc) is 2.38. The van der Waals surface area contributed by atoms with Crippen LogP contribution in [0.2, 0.25) is 10.0 Å². The van der Waals surface area contributed by atoms with E-state index in [-0.39, 0.29) is 0 Å². The summed E-state index contributed by atoms with van der Waals surface area (Å²) in [5.74, 6) is 0. The Labute approximate surface area is 136 Å². The molecule has 1 N–H and O–H groups in total. The fourth-order valence-electron chi connectivity index (χ4n) is 3.06. The number of nitrogens with one attached hydrogen (secondary N) is 1. The Hall–Kier alpha value is 0.110. The van der Waals surface area contributed by atoms with Gasteiger partial charge < -0.3 is 5.32 Å². The fourth-order valence-corrected chi connectivity index (χ4v) is 4.99. The van der Waals surface area contributed by atoms with Crippen molar-refractivity contribution in [3.05, 3.63) is 28.2 Å². The number of benzene rings is 1. The van der Waals surface area contributed by atoms with Gasteiger partial charge in [0.25, 0.3) is 0 Å². The second kappa shape index (κ2) is 6.91. The average molecular weight is 332 g/mol. The molecule has 0 heterocycles. The summed E-state index contributed by atoms with van der Waals surface area (Å²) in [6.07, 6.45) is 3.85. The monoisotopic (exact) mass is 331 g/mol. The van der Waals surface area contributed by atoms with Crippen molar-refractivity contribution < 1.29 is 0 Å². The van der Waals surface area contributed by atoms with Crippen molar-refractivity contribution in [3.8, 4) is 0 Å². The van der Waals surface area contributed by atoms with Gasteiger partial charge in [-0.2, -0.15) is 0 Å². The maximum atomic E-state index is 6.12. The van der Waals surface area contributed by atoms with Gasteiger partial charge >= 0.3 is 0 Å². The fraction of sp³-hybridized carbons (Fsp3) is 0.625. The van der Waals surface area contributed by atoms with Gasteiger partial charge in [-0.3, -0.25) is 0 Å². The highest BCUT2D eigenvalue weighted by atomic mass is 35.5. The minimum absolute atomic E-state index is 0.349. The lowest BCUT2D eigenvalue weighted by molar-refractivity contribution is 0.176. The predicted molar refractivity (Wildman–Crippen MR) is 91.2 cm³/mol. The molecule has 1 nitrogen and oxygen atoms in total. The van der Waals surface area contributed by atoms with Crippen molar-refractivity contribution in [1.82, 2.24) is 5.32 Å². The summed E-state index contributed by atoms with van der Waals surface area (Å²) >= 11 is 14.0. The van der Waals surface area contributed by atoms with Gasteiger partial charge in [0.2, 0.25) is 0 Å². The zero-order chi connectivity index (χ0) is 14.8. The molecule has 1 aromatic rings. The van der Waals surface area contributed by atoms with Crippen LogP contribution in [-0.4, -0.2) is 17.8 Å². The van der Waals surface area contributed by atoms with Gasteiger partial charge in [-0.25, -0.2) is 0 Å². The molecule has 2 unspecified atom stereocenters. The Kier molecular flexibility index (Phi) is 5.70. The third-order valence-electron chi connectivity index (χ3n) is 4.13. The SMILES string of the molecule is CCNC1C(Sc2ccc(Cl)c(Cl)c2)CCCC1(C)C. The van der Waals surface area contributed by atoms with Crippen molar-refractivity contribution in [2.24, 2.45) is 5.41 Å². The molecule has 0 aliphatic heterocycles. The number of halogens is 2. The molecule has 1 aliphatic carbocycles. The second-order valence-electron chi connectivity index (χ2n) is 6.15. The molecular weight excluding hydrogens is 309 g/mol. The van der Waals surface area contributed by atoms with E-state index in [0.717, 1.165) is 6.54 Å². The number of hydrogen-bond acceptors (Lipinski definition) is 2. The van der Waals surface area contributed by atoms with Crippen LogP contribution in [0.3, 0.4) is 0 Å². The highest BCUT2D eigenvalue weighted by molar-refractivity contribution is 8.00. The quantitative estimate of drug-likeness (QED) is 0.765. The molecule has 1 aliphatic rings. The van der Waals surface area contributed by atoms with Gasteiger partial charge in [0.1, 0.15) is 0 Å². The van der Waals surface area contributed by atoms with Gasteiger partial charge in [-0.05, 0) is 43.0 Å². The lowest BCUT2D eigenvalue weighted by Crippen LogP contribution is -2.51. The standard InChI is InChI=1S/C16H23Cl2NS/c1-4-19-15-14(6-5-9-16(15,2)3)20-11-7-8-12(17)13(18)10-11/h7-8,10,14-15,19H,4-6,9H2,1-3H3. The molecule has 0 spiro atoms. The first-order valence-corrected chi connectivity index (χ1v) is 8.92. The van der Waals surface area contributed by atoms with Crippen LogP contribution < -0.4 is 5.32 Å². The van der Waals surface area contributed by atoms with E-state index >= 15 is 0 Å². The number of thioether (sulfide) groups is 1. The molecule has 0 aromatic heterocycles. The van der Waals surface area contributed by atoms with E-state index in [0.29, 0.717) is 26.8 Å². The summed E-state index contributed by atoms with van der Waals surface area (Å²) in [5, 5.41) is 5.56. The van der Waals surface area contributed by atoms with Crippen molar-refractivity contribution in [1.29, 1.82) is 0 Å². The van der Waals surface area contributed by atoms with Crippen LogP contribution in [0.25, 0.3) is 0 Å². The highest BCUT2D eigenvalue weighted by Gasteiger charge is 2.38. The number of hydrogen-bond donors (Lipinski definition) is 1. The highest BCUT2D eigenvalue weighted by Crippen LogP contribution is 2.43. The number of rotatable bonds is 4. The van der Waals surface area contributed by atoms with Crippen LogP contribution in [0.15, 0.2) is 23.1 Å². The van der Waals surface area contributed by atoms with Crippen molar-refractivity contribution in [2.45, 2.75) is 56.2 Å². The lowest BCUT2D eigenvalue weighted by Gasteiger charge is -2.44. The first-order chi connectivity index (χ1) is 9.44. The van der Waals surface area contributed by atoms with Gasteiger partial charge in [0.05, 0.1) is 10.0 Å². The van der Waals surface area contributed by atoms with Crippen molar-refractivity contribution in [2.75, 3.05) is 6.54 Å². The molecule has 0 saturated heterocycles. The molecule has 2 atom stereocenters. The third kappa shape index (κ3) is 3.85. The second-order valence-corrected chi connectivity index (χ2v) is 8.28. The largest absolute Gasteiger partial charge is 0.313 e. The third-order valence-corrected chi connectivity index (χ3v) is 6.20. The van der Waals surface area contributed by atoms with Gasteiger partial charge in [0.15, 0.2) is 0 Å². The Morgan fingerprint density at radius 2 is 2.05 bits per heavy atom. The maximum absolute atomic E-state index is 6.12. The minimum Gasteiger partial charge on any atom is -0.313 e. The smallest absolute Gasteiger partial charge is 0.0603 e. The van der Waals surface area contributed by atoms with Crippen molar-refractivity contribution in [3.63, 3.8) is 0 Å². The lowest BCUT2D eigenvalue weighted by atomic mass is 9.73. The summed E-state index contributed by atoms with van der Waals surface area (Å²) in [5.41, 5.74) is 0.349. The molecule has 1 aromatic carbocycles. The van der Waals surface area contributed by atoms with E-state index < -0.39 is 0 Å². The topological polar surface area (TPSA) is 12.0 Å². The molecule has 0 amide bonds. The van der Waals surface area contributed by atoms with E-state index in [1.54, 1.807) is 0 Å². The van der Waals surface area contributed by atoms with E-state index in [2.05, 4.69) is 32.2 Å². The van der Waals surface area contributed by atoms with E-state index in [4.69, 9.17) is 23.2 Å². The van der Waals surface area contributed by atoms with Gasteiger partial charge in [0, 0.05) is 16.2 Å². The normalized spacial score (nSPS) is 25.6. The van der Waals surface area contributed by atoms with Crippen LogP contribution in [0.4, 0.5) is 0 Å². The van der Waals surface area contributed by atoms with Crippen LogP contribution in [-0.2, 0) is 0 Å². The van der Waals surface area contributed by atoms with Crippen LogP contribution in [0, 0.1) is 5.41 Å². The molecule has 2 rings (SSSR count). The Morgan fingerprint density at radius 1 is 1.30 bits per heavy atom. The van der Waals surface area contributed by atoms with Crippen LogP contribution in [0.5, 0.6) is 0 Å². The van der Waals surface area contributed by atoms with Crippen LogP contribution >= 0.6 is 35.0 Å². The molecule has 4 heteroatoms. The maximum Gasteiger partial charge on any atom is 0.0603 e. The molecular formula is C16H23Cl2NS. The Bertz CT molecular complexity index is 462. The first kappa shape index (κ1) is 16.5. The molecule has 20 heavy (non-hydrogen) atoms. The molecule has 0 radical (unpaired) electrons. The summed E-state index contributed by atoms with van der Waals surface area (Å²) in [6.45, 7) is 7.96. The zero-order valence-corrected chi connectivity index (χ0v) is 14.7. The Morgan fingerprint density at radius 3 is 2.70 bits per heavy atom. The first-order valence-electron chi connectivity index (χ1n) is 7.29. The molecule has 1 saturated carbocycles. The summed E-state index contributed by atoms with van der Waals surface area (Å²) in [4.78, 5) is 1.21. The van der Waals surface area contributed by atoms with Crippen molar-refractivity contribution >= 4 is 35.0 Å². The van der Waals surface area contributed by atoms with Gasteiger partial charge in [-0.15, -0.1) is 11.8 Å². The van der Waals surface area contributed by atoms with E-state index in [1.807, 2.05) is 23.9 Å². The summed E-state index contributed by atoms with van der Waals surface area (Å²) in [7, 11) is 0. The van der Waals surface area contributed by atoms with E-state index in [1.165, 1.54) is 24.2 Å². The Balaban J connectivity index is 2.14.